The van der Waals surface area contributed by atoms with Crippen LogP contribution in [-0.4, -0.2) is 63.0 Å². The zero-order valence-electron chi connectivity index (χ0n) is 15.3. The van der Waals surface area contributed by atoms with Crippen molar-refractivity contribution in [3.05, 3.63) is 15.8 Å². The SMILES string of the molecule is C[C@H](Oc1nc(Cl)nc2c1n(C)c(=O)n2[C@H]1CCOC1)[C@@H]1CCCN1C. The van der Waals surface area contributed by atoms with E-state index in [1.807, 2.05) is 6.92 Å². The molecule has 0 N–H and O–H groups in total. The highest BCUT2D eigenvalue weighted by Crippen LogP contribution is 2.29. The summed E-state index contributed by atoms with van der Waals surface area (Å²) < 4.78 is 14.8. The Hall–Kier alpha value is -1.64. The van der Waals surface area contributed by atoms with Crippen molar-refractivity contribution in [3.8, 4) is 5.88 Å². The van der Waals surface area contributed by atoms with E-state index in [0.717, 1.165) is 25.8 Å². The van der Waals surface area contributed by atoms with Gasteiger partial charge in [0.05, 0.1) is 12.6 Å². The Morgan fingerprint density at radius 3 is 2.77 bits per heavy atom. The number of hydrogen-bond acceptors (Lipinski definition) is 6. The molecule has 4 rings (SSSR count). The molecule has 142 valence electrons. The minimum Gasteiger partial charge on any atom is -0.471 e. The van der Waals surface area contributed by atoms with Crippen LogP contribution in [0.5, 0.6) is 5.88 Å². The molecule has 0 unspecified atom stereocenters. The van der Waals surface area contributed by atoms with Crippen molar-refractivity contribution in [2.75, 3.05) is 26.8 Å². The number of aromatic nitrogens is 4. The Bertz CT molecular complexity index is 873. The van der Waals surface area contributed by atoms with Crippen molar-refractivity contribution in [3.63, 3.8) is 0 Å². The van der Waals surface area contributed by atoms with E-state index in [2.05, 4.69) is 21.9 Å². The molecule has 2 saturated heterocycles. The van der Waals surface area contributed by atoms with Crippen LogP contribution in [0.15, 0.2) is 4.79 Å². The van der Waals surface area contributed by atoms with Gasteiger partial charge in [-0.3, -0.25) is 14.0 Å². The summed E-state index contributed by atoms with van der Waals surface area (Å²) in [5.74, 6) is 0.366. The molecule has 3 atom stereocenters. The van der Waals surface area contributed by atoms with E-state index in [1.54, 1.807) is 16.2 Å². The molecule has 4 heterocycles. The zero-order chi connectivity index (χ0) is 18.4. The van der Waals surface area contributed by atoms with Crippen molar-refractivity contribution in [2.24, 2.45) is 7.05 Å². The van der Waals surface area contributed by atoms with Crippen LogP contribution in [0.1, 0.15) is 32.2 Å². The number of imidazole rings is 1. The number of aryl methyl sites for hydroxylation is 1. The molecule has 8 nitrogen and oxygen atoms in total. The van der Waals surface area contributed by atoms with E-state index >= 15 is 0 Å². The zero-order valence-corrected chi connectivity index (χ0v) is 16.1. The van der Waals surface area contributed by atoms with Gasteiger partial charge in [-0.1, -0.05) is 0 Å². The summed E-state index contributed by atoms with van der Waals surface area (Å²) in [6.45, 7) is 4.24. The van der Waals surface area contributed by atoms with Crippen LogP contribution >= 0.6 is 11.6 Å². The minimum absolute atomic E-state index is 0.0385. The van der Waals surface area contributed by atoms with Gasteiger partial charge in [-0.25, -0.2) is 4.79 Å². The van der Waals surface area contributed by atoms with E-state index in [0.29, 0.717) is 36.3 Å². The quantitative estimate of drug-likeness (QED) is 0.749. The molecule has 0 bridgehead atoms. The van der Waals surface area contributed by atoms with E-state index < -0.39 is 0 Å². The maximum absolute atomic E-state index is 12.8. The Balaban J connectivity index is 1.77. The fraction of sp³-hybridized carbons (Fsp3) is 0.706. The predicted octanol–water partition coefficient (Wildman–Crippen LogP) is 1.61. The Morgan fingerprint density at radius 1 is 1.31 bits per heavy atom. The molecular weight excluding hydrogens is 358 g/mol. The smallest absolute Gasteiger partial charge is 0.330 e. The first-order chi connectivity index (χ1) is 12.5. The van der Waals surface area contributed by atoms with Crippen molar-refractivity contribution >= 4 is 22.8 Å². The standard InChI is InChI=1S/C17H24ClN5O3/c1-10(12-5-4-7-21(12)2)26-15-13-14(19-16(18)20-15)23(17(24)22(13)3)11-6-8-25-9-11/h10-12H,4-9H2,1-3H3/t10-,11-,12-/m0/s1. The maximum atomic E-state index is 12.8. The number of likely N-dealkylation sites (N-methyl/N-ethyl adjacent to an activating group) is 1. The van der Waals surface area contributed by atoms with Crippen LogP contribution in [0.3, 0.4) is 0 Å². The number of ether oxygens (including phenoxy) is 2. The van der Waals surface area contributed by atoms with E-state index in [9.17, 15) is 4.79 Å². The summed E-state index contributed by atoms with van der Waals surface area (Å²) in [6, 6.07) is 0.282. The molecule has 2 aromatic heterocycles. The number of fused-ring (bicyclic) bond motifs is 1. The third-order valence-electron chi connectivity index (χ3n) is 5.55. The lowest BCUT2D eigenvalue weighted by Gasteiger charge is -2.26. The average Bonchev–Trinajstić information content (AvgIpc) is 3.29. The van der Waals surface area contributed by atoms with Crippen LogP contribution in [0, 0.1) is 0 Å². The van der Waals surface area contributed by atoms with Crippen LogP contribution in [0.25, 0.3) is 11.2 Å². The fourth-order valence-corrected chi connectivity index (χ4v) is 4.28. The molecule has 0 amide bonds. The molecule has 26 heavy (non-hydrogen) atoms. The van der Waals surface area contributed by atoms with Crippen LogP contribution in [0.2, 0.25) is 5.28 Å². The molecule has 2 aromatic rings. The molecule has 0 aromatic carbocycles. The Labute approximate surface area is 156 Å². The van der Waals surface area contributed by atoms with Gasteiger partial charge in [-0.2, -0.15) is 9.97 Å². The lowest BCUT2D eigenvalue weighted by Crippen LogP contribution is -2.38. The highest BCUT2D eigenvalue weighted by atomic mass is 35.5. The predicted molar refractivity (Wildman–Crippen MR) is 98.0 cm³/mol. The first kappa shape index (κ1) is 17.8. The van der Waals surface area contributed by atoms with E-state index in [4.69, 9.17) is 21.1 Å². The second-order valence-corrected chi connectivity index (χ2v) is 7.55. The largest absolute Gasteiger partial charge is 0.471 e. The minimum atomic E-state index is -0.150. The van der Waals surface area contributed by atoms with Gasteiger partial charge < -0.3 is 9.47 Å². The number of hydrogen-bond donors (Lipinski definition) is 0. The fourth-order valence-electron chi connectivity index (χ4n) is 4.13. The first-order valence-corrected chi connectivity index (χ1v) is 9.44. The topological polar surface area (TPSA) is 74.4 Å². The number of halogens is 1. The van der Waals surface area contributed by atoms with Gasteiger partial charge in [0, 0.05) is 19.7 Å². The number of rotatable bonds is 4. The van der Waals surface area contributed by atoms with Crippen LogP contribution < -0.4 is 10.4 Å². The third kappa shape index (κ3) is 2.90. The summed E-state index contributed by atoms with van der Waals surface area (Å²) in [7, 11) is 3.82. The third-order valence-corrected chi connectivity index (χ3v) is 5.72. The molecule has 0 radical (unpaired) electrons. The second kappa shape index (κ2) is 6.83. The van der Waals surface area contributed by atoms with Crippen LogP contribution in [0.4, 0.5) is 0 Å². The van der Waals surface area contributed by atoms with Gasteiger partial charge >= 0.3 is 5.69 Å². The summed E-state index contributed by atoms with van der Waals surface area (Å²) in [5, 5.41) is 0.0812. The van der Waals surface area contributed by atoms with Gasteiger partial charge in [0.15, 0.2) is 11.2 Å². The van der Waals surface area contributed by atoms with Crippen molar-refractivity contribution in [1.29, 1.82) is 0 Å². The van der Waals surface area contributed by atoms with E-state index in [1.165, 1.54) is 0 Å². The summed E-state index contributed by atoms with van der Waals surface area (Å²) in [5.41, 5.74) is 0.941. The monoisotopic (exact) mass is 381 g/mol. The Kier molecular flexibility index (Phi) is 4.66. The van der Waals surface area contributed by atoms with Crippen molar-refractivity contribution < 1.29 is 9.47 Å². The first-order valence-electron chi connectivity index (χ1n) is 9.06. The molecule has 2 aliphatic heterocycles. The molecule has 2 aliphatic rings. The number of nitrogens with zero attached hydrogens (tertiary/aromatic N) is 5. The van der Waals surface area contributed by atoms with Crippen LogP contribution in [-0.2, 0) is 11.8 Å². The van der Waals surface area contributed by atoms with Crippen molar-refractivity contribution in [1.82, 2.24) is 24.0 Å². The molecule has 2 fully saturated rings. The summed E-state index contributed by atoms with van der Waals surface area (Å²) in [6.07, 6.45) is 2.95. The average molecular weight is 382 g/mol. The molecule has 0 aliphatic carbocycles. The highest BCUT2D eigenvalue weighted by Gasteiger charge is 2.31. The summed E-state index contributed by atoms with van der Waals surface area (Å²) in [4.78, 5) is 23.7. The maximum Gasteiger partial charge on any atom is 0.330 e. The molecule has 9 heteroatoms. The molecular formula is C17H24ClN5O3. The van der Waals surface area contributed by atoms with Gasteiger partial charge in [0.25, 0.3) is 0 Å². The second-order valence-electron chi connectivity index (χ2n) is 7.21. The highest BCUT2D eigenvalue weighted by molar-refractivity contribution is 6.28. The Morgan fingerprint density at radius 2 is 2.12 bits per heavy atom. The number of likely N-dealkylation sites (tertiary alicyclic amines) is 1. The van der Waals surface area contributed by atoms with Gasteiger partial charge in [-0.15, -0.1) is 0 Å². The summed E-state index contributed by atoms with van der Waals surface area (Å²) >= 11 is 6.17. The molecule has 0 saturated carbocycles. The van der Waals surface area contributed by atoms with Gasteiger partial charge in [0.1, 0.15) is 6.10 Å². The van der Waals surface area contributed by atoms with E-state index in [-0.39, 0.29) is 23.1 Å². The van der Waals surface area contributed by atoms with Gasteiger partial charge in [-0.05, 0) is 51.4 Å². The normalized spacial score (nSPS) is 25.2. The lowest BCUT2D eigenvalue weighted by molar-refractivity contribution is 0.118. The van der Waals surface area contributed by atoms with Gasteiger partial charge in [0.2, 0.25) is 11.2 Å². The lowest BCUT2D eigenvalue weighted by atomic mass is 10.1. The molecule has 0 spiro atoms. The van der Waals surface area contributed by atoms with Crippen molar-refractivity contribution in [2.45, 2.75) is 44.4 Å².